The van der Waals surface area contributed by atoms with Crippen LogP contribution in [-0.2, 0) is 0 Å². The first kappa shape index (κ1) is 23.1. The van der Waals surface area contributed by atoms with E-state index in [0.29, 0.717) is 31.3 Å². The summed E-state index contributed by atoms with van der Waals surface area (Å²) in [7, 11) is 3.72. The maximum absolute atomic E-state index is 11.7. The van der Waals surface area contributed by atoms with Crippen LogP contribution >= 0.6 is 0 Å². The fourth-order valence-corrected chi connectivity index (χ4v) is 7.41. The minimum atomic E-state index is -1.21. The number of aromatic amines is 1. The van der Waals surface area contributed by atoms with Crippen LogP contribution in [0, 0.1) is 11.3 Å². The zero-order valence-electron chi connectivity index (χ0n) is 20.6. The molecule has 0 aliphatic heterocycles. The van der Waals surface area contributed by atoms with E-state index in [4.69, 9.17) is 0 Å². The van der Waals surface area contributed by atoms with Crippen molar-refractivity contribution >= 4 is 16.5 Å². The quantitative estimate of drug-likeness (QED) is 0.454. The topological polar surface area (TPSA) is 113 Å². The van der Waals surface area contributed by atoms with Crippen molar-refractivity contribution in [1.82, 2.24) is 15.1 Å². The number of hydrogen-bond acceptors (Lipinski definition) is 6. The van der Waals surface area contributed by atoms with Crippen LogP contribution in [0.3, 0.4) is 0 Å². The van der Waals surface area contributed by atoms with E-state index in [9.17, 15) is 20.4 Å². The molecule has 5 N–H and O–H groups in total. The summed E-state index contributed by atoms with van der Waals surface area (Å²) in [6.45, 7) is 2.25. The summed E-state index contributed by atoms with van der Waals surface area (Å²) in [5, 5.41) is 53.2. The molecule has 0 radical (unpaired) electrons. The van der Waals surface area contributed by atoms with E-state index in [0.717, 1.165) is 28.5 Å². The Balaban J connectivity index is 1.38. The zero-order valence-corrected chi connectivity index (χ0v) is 20.6. The number of benzene rings is 1. The van der Waals surface area contributed by atoms with Crippen LogP contribution in [0.4, 0.5) is 0 Å². The van der Waals surface area contributed by atoms with Crippen LogP contribution in [0.1, 0.15) is 44.6 Å². The number of nitrogens with zero attached hydrogens (tertiary/aromatic N) is 2. The van der Waals surface area contributed by atoms with Crippen molar-refractivity contribution in [2.75, 3.05) is 14.1 Å². The van der Waals surface area contributed by atoms with E-state index in [2.05, 4.69) is 41.4 Å². The molecule has 1 aromatic carbocycles. The lowest BCUT2D eigenvalue weighted by atomic mass is 9.61. The van der Waals surface area contributed by atoms with Gasteiger partial charge >= 0.3 is 0 Å². The second kappa shape index (κ2) is 7.85. The fraction of sp³-hybridized carbons (Fsp3) is 0.536. The molecule has 1 heterocycles. The van der Waals surface area contributed by atoms with Crippen molar-refractivity contribution in [1.29, 1.82) is 0 Å². The Morgan fingerprint density at radius 2 is 1.94 bits per heavy atom. The van der Waals surface area contributed by atoms with Gasteiger partial charge in [-0.15, -0.1) is 0 Å². The summed E-state index contributed by atoms with van der Waals surface area (Å²) in [6.07, 6.45) is 6.08. The zero-order chi connectivity index (χ0) is 24.7. The van der Waals surface area contributed by atoms with Gasteiger partial charge in [0.1, 0.15) is 6.10 Å². The van der Waals surface area contributed by atoms with Crippen LogP contribution in [0.25, 0.3) is 16.5 Å². The lowest BCUT2D eigenvalue weighted by Crippen LogP contribution is -2.58. The van der Waals surface area contributed by atoms with Gasteiger partial charge in [-0.05, 0) is 86.5 Å². The van der Waals surface area contributed by atoms with Crippen molar-refractivity contribution in [3.05, 3.63) is 58.8 Å². The summed E-state index contributed by atoms with van der Waals surface area (Å²) in [5.74, 6) is 0.225. The van der Waals surface area contributed by atoms with Gasteiger partial charge in [-0.25, -0.2) is 0 Å². The molecule has 2 unspecified atom stereocenters. The maximum Gasteiger partial charge on any atom is 0.105 e. The molecule has 35 heavy (non-hydrogen) atoms. The number of H-pyrrole nitrogens is 1. The molecule has 7 nitrogen and oxygen atoms in total. The molecule has 4 aliphatic rings. The Kier molecular flexibility index (Phi) is 5.19. The first-order chi connectivity index (χ1) is 16.6. The number of nitrogens with one attached hydrogen (secondary N) is 1. The third-order valence-electron chi connectivity index (χ3n) is 9.36. The van der Waals surface area contributed by atoms with Crippen LogP contribution in [0.2, 0.25) is 0 Å². The predicted molar refractivity (Wildman–Crippen MR) is 134 cm³/mol. The molecular weight excluding hydrogens is 442 g/mol. The van der Waals surface area contributed by atoms with Gasteiger partial charge in [0.2, 0.25) is 0 Å². The van der Waals surface area contributed by atoms with E-state index in [1.165, 1.54) is 11.1 Å². The monoisotopic (exact) mass is 477 g/mol. The number of aliphatic hydroxyl groups excluding tert-OH is 3. The number of rotatable bonds is 2. The number of fused-ring (bicyclic) bond motifs is 4. The standard InChI is InChI=1S/C28H35N3O4/c1-27-13-24(32)18-11-21-25(33)26(34)23(31(2)3)12-28(21,35)9-8-17(18)20(27)6-5-19(27)15-4-7-22-16(10-15)14-29-30-22/h4-5,7,10-11,14,20,23-26,32-35H,6,8-9,12-13H2,1-3H3,(H,29,30)/t20?,23-,24?,25+,26+,27+,28+/m0/s1. The number of aromatic nitrogens is 2. The number of allylic oxidation sites excluding steroid dienone is 3. The highest BCUT2D eigenvalue weighted by Crippen LogP contribution is 2.60. The van der Waals surface area contributed by atoms with E-state index < -0.39 is 23.9 Å². The molecule has 1 aromatic heterocycles. The van der Waals surface area contributed by atoms with Gasteiger partial charge in [-0.1, -0.05) is 30.7 Å². The van der Waals surface area contributed by atoms with Crippen LogP contribution in [-0.4, -0.2) is 79.6 Å². The summed E-state index contributed by atoms with van der Waals surface area (Å²) in [5.41, 5.74) is 4.45. The van der Waals surface area contributed by atoms with E-state index in [1.54, 1.807) is 0 Å². The van der Waals surface area contributed by atoms with Gasteiger partial charge in [-0.2, -0.15) is 5.10 Å². The van der Waals surface area contributed by atoms with Gasteiger partial charge < -0.3 is 25.3 Å². The minimum absolute atomic E-state index is 0.225. The molecule has 0 spiro atoms. The first-order valence-electron chi connectivity index (χ1n) is 12.6. The molecule has 0 saturated heterocycles. The lowest BCUT2D eigenvalue weighted by Gasteiger charge is -2.46. The van der Waals surface area contributed by atoms with Crippen molar-refractivity contribution in [3.8, 4) is 0 Å². The van der Waals surface area contributed by atoms with Crippen LogP contribution in [0.5, 0.6) is 0 Å². The normalized spacial score (nSPS) is 39.1. The Morgan fingerprint density at radius 1 is 1.14 bits per heavy atom. The molecule has 7 atom stereocenters. The smallest absolute Gasteiger partial charge is 0.105 e. The molecule has 0 amide bonds. The average Bonchev–Trinajstić information content (AvgIpc) is 3.37. The van der Waals surface area contributed by atoms with Crippen molar-refractivity contribution in [2.24, 2.45) is 11.3 Å². The minimum Gasteiger partial charge on any atom is -0.388 e. The number of likely N-dealkylation sites (N-methyl/N-ethyl adjacent to an activating group) is 1. The van der Waals surface area contributed by atoms with Crippen molar-refractivity contribution < 1.29 is 20.4 Å². The fourth-order valence-electron chi connectivity index (χ4n) is 7.41. The van der Waals surface area contributed by atoms with Gasteiger partial charge in [-0.3, -0.25) is 5.10 Å². The molecule has 1 fully saturated rings. The van der Waals surface area contributed by atoms with Crippen molar-refractivity contribution in [3.63, 3.8) is 0 Å². The van der Waals surface area contributed by atoms with Gasteiger partial charge in [0.25, 0.3) is 0 Å². The molecular formula is C28H35N3O4. The van der Waals surface area contributed by atoms with E-state index >= 15 is 0 Å². The van der Waals surface area contributed by atoms with E-state index in [1.807, 2.05) is 31.3 Å². The van der Waals surface area contributed by atoms with Crippen LogP contribution in [0.15, 0.2) is 53.3 Å². The third-order valence-corrected chi connectivity index (χ3v) is 9.36. The molecule has 2 aromatic rings. The lowest BCUT2D eigenvalue weighted by molar-refractivity contribution is -0.0922. The van der Waals surface area contributed by atoms with E-state index in [-0.39, 0.29) is 17.4 Å². The molecule has 4 aliphatic carbocycles. The highest BCUT2D eigenvalue weighted by Gasteiger charge is 2.53. The highest BCUT2D eigenvalue weighted by atomic mass is 16.3. The SMILES string of the molecule is CN(C)[C@H]1C[C@]2(O)CCC3=C(C=C2[C@@H](O)[C@@H]1O)C(O)C[C@]1(C)C(c2ccc4[nH]ncc4c2)=CCC31. The Labute approximate surface area is 205 Å². The second-order valence-corrected chi connectivity index (χ2v) is 11.5. The van der Waals surface area contributed by atoms with Crippen molar-refractivity contribution in [2.45, 2.75) is 69.0 Å². The first-order valence-corrected chi connectivity index (χ1v) is 12.6. The Hall–Kier alpha value is -2.29. The highest BCUT2D eigenvalue weighted by molar-refractivity contribution is 5.85. The molecule has 0 bridgehead atoms. The van der Waals surface area contributed by atoms with Gasteiger partial charge in [0.15, 0.2) is 0 Å². The molecule has 7 heteroatoms. The number of aliphatic hydroxyl groups is 4. The summed E-state index contributed by atoms with van der Waals surface area (Å²) in [4.78, 5) is 1.87. The number of hydrogen-bond donors (Lipinski definition) is 5. The summed E-state index contributed by atoms with van der Waals surface area (Å²) in [6, 6.07) is 6.01. The summed E-state index contributed by atoms with van der Waals surface area (Å²) < 4.78 is 0. The van der Waals surface area contributed by atoms with Gasteiger partial charge in [0, 0.05) is 16.8 Å². The Morgan fingerprint density at radius 3 is 2.71 bits per heavy atom. The van der Waals surface area contributed by atoms with Crippen LogP contribution < -0.4 is 0 Å². The second-order valence-electron chi connectivity index (χ2n) is 11.5. The largest absolute Gasteiger partial charge is 0.388 e. The predicted octanol–water partition coefficient (Wildman–Crippen LogP) is 2.54. The molecule has 1 saturated carbocycles. The van der Waals surface area contributed by atoms with Gasteiger partial charge in [0.05, 0.1) is 29.5 Å². The maximum atomic E-state index is 11.7. The molecule has 186 valence electrons. The molecule has 6 rings (SSSR count). The Bertz CT molecular complexity index is 1280. The summed E-state index contributed by atoms with van der Waals surface area (Å²) >= 11 is 0. The third kappa shape index (κ3) is 3.33. The average molecular weight is 478 g/mol.